The first-order chi connectivity index (χ1) is 10.8. The Hall–Kier alpha value is -2.33. The number of carbonyl (C=O) groups is 1. The molecular formula is C18H19NO3. The molecular weight excluding hydrogens is 278 g/mol. The lowest BCUT2D eigenvalue weighted by molar-refractivity contribution is -0.123. The number of nitrogens with one attached hydrogen (secondary N) is 1. The Bertz CT molecular complexity index is 627. The molecule has 4 heteroatoms. The highest BCUT2D eigenvalue weighted by Crippen LogP contribution is 2.19. The van der Waals surface area contributed by atoms with Gasteiger partial charge in [-0.25, -0.2) is 0 Å². The van der Waals surface area contributed by atoms with Gasteiger partial charge in [0.2, 0.25) is 0 Å². The van der Waals surface area contributed by atoms with Crippen LogP contribution in [-0.2, 0) is 22.6 Å². The first-order valence-electron chi connectivity index (χ1n) is 7.44. The van der Waals surface area contributed by atoms with Crippen LogP contribution in [0.3, 0.4) is 0 Å². The number of hydrogen-bond donors (Lipinski definition) is 1. The third-order valence-corrected chi connectivity index (χ3v) is 3.68. The molecule has 0 spiro atoms. The van der Waals surface area contributed by atoms with E-state index in [1.54, 1.807) is 0 Å². The molecule has 1 amide bonds. The van der Waals surface area contributed by atoms with Gasteiger partial charge in [0.25, 0.3) is 5.91 Å². The highest BCUT2D eigenvalue weighted by atomic mass is 16.5. The van der Waals surface area contributed by atoms with E-state index < -0.39 is 0 Å². The van der Waals surface area contributed by atoms with Crippen LogP contribution in [0.4, 0.5) is 0 Å². The lowest BCUT2D eigenvalue weighted by atomic mass is 9.99. The molecule has 0 saturated heterocycles. The average Bonchev–Trinajstić information content (AvgIpc) is 2.59. The lowest BCUT2D eigenvalue weighted by Crippen LogP contribution is -2.38. The van der Waals surface area contributed by atoms with Crippen LogP contribution in [-0.4, -0.2) is 25.2 Å². The van der Waals surface area contributed by atoms with Crippen LogP contribution in [0.5, 0.6) is 5.75 Å². The molecule has 1 heterocycles. The molecule has 0 aromatic heterocycles. The number of benzene rings is 2. The van der Waals surface area contributed by atoms with Crippen molar-refractivity contribution in [2.45, 2.75) is 19.1 Å². The minimum absolute atomic E-state index is 0.0212. The summed E-state index contributed by atoms with van der Waals surface area (Å²) in [4.78, 5) is 11.8. The molecule has 0 saturated carbocycles. The molecule has 3 rings (SSSR count). The number of hydrogen-bond acceptors (Lipinski definition) is 3. The van der Waals surface area contributed by atoms with Crippen LogP contribution in [0.2, 0.25) is 0 Å². The highest BCUT2D eigenvalue weighted by molar-refractivity contribution is 5.77. The zero-order chi connectivity index (χ0) is 15.2. The minimum Gasteiger partial charge on any atom is -0.484 e. The van der Waals surface area contributed by atoms with E-state index in [0.29, 0.717) is 18.9 Å². The van der Waals surface area contributed by atoms with Crippen LogP contribution in [0.25, 0.3) is 0 Å². The number of amides is 1. The molecule has 0 fully saturated rings. The Morgan fingerprint density at radius 3 is 2.64 bits per heavy atom. The first kappa shape index (κ1) is 14.6. The quantitative estimate of drug-likeness (QED) is 0.921. The van der Waals surface area contributed by atoms with E-state index in [2.05, 4.69) is 17.4 Å². The first-order valence-corrected chi connectivity index (χ1v) is 7.44. The molecule has 0 aliphatic carbocycles. The third kappa shape index (κ3) is 3.86. The largest absolute Gasteiger partial charge is 0.484 e. The molecule has 0 unspecified atom stereocenters. The summed E-state index contributed by atoms with van der Waals surface area (Å²) in [6.45, 7) is 1.13. The zero-order valence-electron chi connectivity index (χ0n) is 12.3. The topological polar surface area (TPSA) is 47.6 Å². The van der Waals surface area contributed by atoms with E-state index in [-0.39, 0.29) is 18.6 Å². The summed E-state index contributed by atoms with van der Waals surface area (Å²) >= 11 is 0. The Kier molecular flexibility index (Phi) is 4.71. The van der Waals surface area contributed by atoms with Crippen LogP contribution in [0.15, 0.2) is 54.6 Å². The van der Waals surface area contributed by atoms with E-state index in [4.69, 9.17) is 9.47 Å². The smallest absolute Gasteiger partial charge is 0.258 e. The van der Waals surface area contributed by atoms with Gasteiger partial charge in [-0.15, -0.1) is 0 Å². The minimum atomic E-state index is -0.133. The molecule has 22 heavy (non-hydrogen) atoms. The molecule has 1 atom stereocenters. The van der Waals surface area contributed by atoms with Crippen molar-refractivity contribution < 1.29 is 14.3 Å². The van der Waals surface area contributed by atoms with Gasteiger partial charge < -0.3 is 14.8 Å². The number of ether oxygens (including phenoxy) is 2. The predicted octanol–water partition coefficient (Wildman–Crippen LogP) is 2.32. The third-order valence-electron chi connectivity index (χ3n) is 3.68. The average molecular weight is 297 g/mol. The second-order valence-electron chi connectivity index (χ2n) is 5.31. The van der Waals surface area contributed by atoms with Gasteiger partial charge in [-0.05, 0) is 23.3 Å². The fraction of sp³-hybridized carbons (Fsp3) is 0.278. The van der Waals surface area contributed by atoms with Gasteiger partial charge in [0.05, 0.1) is 12.7 Å². The lowest BCUT2D eigenvalue weighted by Gasteiger charge is -2.25. The van der Waals surface area contributed by atoms with Gasteiger partial charge >= 0.3 is 0 Å². The molecule has 2 aromatic carbocycles. The van der Waals surface area contributed by atoms with Crippen molar-refractivity contribution in [1.82, 2.24) is 5.32 Å². The van der Waals surface area contributed by atoms with Crippen LogP contribution < -0.4 is 10.1 Å². The van der Waals surface area contributed by atoms with Gasteiger partial charge in [-0.3, -0.25) is 4.79 Å². The van der Waals surface area contributed by atoms with Crippen LogP contribution in [0.1, 0.15) is 11.1 Å². The summed E-state index contributed by atoms with van der Waals surface area (Å²) in [6.07, 6.45) is 0.853. The number of fused-ring (bicyclic) bond motifs is 1. The maximum atomic E-state index is 11.8. The number of rotatable bonds is 5. The van der Waals surface area contributed by atoms with E-state index >= 15 is 0 Å². The van der Waals surface area contributed by atoms with Crippen molar-refractivity contribution >= 4 is 5.91 Å². The second-order valence-corrected chi connectivity index (χ2v) is 5.31. The normalized spacial score (nSPS) is 16.6. The summed E-state index contributed by atoms with van der Waals surface area (Å²) in [6, 6.07) is 17.6. The fourth-order valence-corrected chi connectivity index (χ4v) is 2.48. The monoisotopic (exact) mass is 297 g/mol. The summed E-state index contributed by atoms with van der Waals surface area (Å²) in [5, 5.41) is 2.86. The standard InChI is InChI=1S/C18H19NO3/c20-18(13-22-16-8-2-1-3-9-16)19-11-17-10-14-6-4-5-7-15(14)12-21-17/h1-9,17H,10-13H2,(H,19,20)/t17-/m1/s1. The molecule has 1 aliphatic heterocycles. The van der Waals surface area contributed by atoms with Gasteiger partial charge in [0, 0.05) is 13.0 Å². The van der Waals surface area contributed by atoms with Crippen molar-refractivity contribution in [2.24, 2.45) is 0 Å². The second kappa shape index (κ2) is 7.09. The molecule has 114 valence electrons. The van der Waals surface area contributed by atoms with Crippen molar-refractivity contribution in [2.75, 3.05) is 13.2 Å². The molecule has 1 N–H and O–H groups in total. The summed E-state index contributed by atoms with van der Waals surface area (Å²) in [5.41, 5.74) is 2.53. The number of para-hydroxylation sites is 1. The van der Waals surface area contributed by atoms with E-state index in [1.165, 1.54) is 11.1 Å². The summed E-state index contributed by atoms with van der Waals surface area (Å²) in [7, 11) is 0. The Morgan fingerprint density at radius 2 is 1.82 bits per heavy atom. The van der Waals surface area contributed by atoms with Crippen LogP contribution >= 0.6 is 0 Å². The Morgan fingerprint density at radius 1 is 1.09 bits per heavy atom. The Balaban J connectivity index is 1.42. The molecule has 0 bridgehead atoms. The predicted molar refractivity (Wildman–Crippen MR) is 83.7 cm³/mol. The fourth-order valence-electron chi connectivity index (χ4n) is 2.48. The van der Waals surface area contributed by atoms with Crippen molar-refractivity contribution in [1.29, 1.82) is 0 Å². The van der Waals surface area contributed by atoms with Crippen molar-refractivity contribution in [3.63, 3.8) is 0 Å². The SMILES string of the molecule is O=C(COc1ccccc1)NC[C@H]1Cc2ccccc2CO1. The molecule has 4 nitrogen and oxygen atoms in total. The van der Waals surface area contributed by atoms with Gasteiger partial charge in [0.15, 0.2) is 6.61 Å². The van der Waals surface area contributed by atoms with E-state index in [9.17, 15) is 4.79 Å². The maximum absolute atomic E-state index is 11.8. The maximum Gasteiger partial charge on any atom is 0.258 e. The van der Waals surface area contributed by atoms with Crippen molar-refractivity contribution in [3.05, 3.63) is 65.7 Å². The molecule has 2 aromatic rings. The van der Waals surface area contributed by atoms with Gasteiger partial charge in [0.1, 0.15) is 5.75 Å². The molecule has 1 aliphatic rings. The summed E-state index contributed by atoms with van der Waals surface area (Å²) in [5.74, 6) is 0.562. The summed E-state index contributed by atoms with van der Waals surface area (Å²) < 4.78 is 11.2. The number of carbonyl (C=O) groups excluding carboxylic acids is 1. The Labute approximate surface area is 130 Å². The van der Waals surface area contributed by atoms with Gasteiger partial charge in [-0.1, -0.05) is 42.5 Å². The van der Waals surface area contributed by atoms with E-state index in [0.717, 1.165) is 6.42 Å². The highest BCUT2D eigenvalue weighted by Gasteiger charge is 2.19. The van der Waals surface area contributed by atoms with E-state index in [1.807, 2.05) is 42.5 Å². The van der Waals surface area contributed by atoms with Gasteiger partial charge in [-0.2, -0.15) is 0 Å². The van der Waals surface area contributed by atoms with Crippen LogP contribution in [0, 0.1) is 0 Å². The zero-order valence-corrected chi connectivity index (χ0v) is 12.3. The van der Waals surface area contributed by atoms with Crippen molar-refractivity contribution in [3.8, 4) is 5.75 Å². The molecule has 0 radical (unpaired) electrons.